The average molecular weight is 337 g/mol. The fourth-order valence-electron chi connectivity index (χ4n) is 3.58. The van der Waals surface area contributed by atoms with Crippen molar-refractivity contribution >= 4 is 22.4 Å². The van der Waals surface area contributed by atoms with Gasteiger partial charge in [0, 0.05) is 29.9 Å². The second kappa shape index (κ2) is 8.11. The second-order valence-electron chi connectivity index (χ2n) is 6.89. The van der Waals surface area contributed by atoms with Crippen LogP contribution in [0, 0.1) is 0 Å². The van der Waals surface area contributed by atoms with E-state index < -0.39 is 0 Å². The molecule has 2 aliphatic rings. The lowest BCUT2D eigenvalue weighted by Gasteiger charge is -2.40. The van der Waals surface area contributed by atoms with Crippen molar-refractivity contribution in [2.45, 2.75) is 82.3 Å². The summed E-state index contributed by atoms with van der Waals surface area (Å²) in [5.41, 5.74) is 6.53. The van der Waals surface area contributed by atoms with Gasteiger partial charge in [0.1, 0.15) is 0 Å². The predicted octanol–water partition coefficient (Wildman–Crippen LogP) is 2.62. The summed E-state index contributed by atoms with van der Waals surface area (Å²) in [5, 5.41) is 9.49. The molecule has 5 nitrogen and oxygen atoms in total. The predicted molar refractivity (Wildman–Crippen MR) is 94.4 cm³/mol. The van der Waals surface area contributed by atoms with Crippen LogP contribution in [0.3, 0.4) is 0 Å². The third-order valence-electron chi connectivity index (χ3n) is 5.10. The van der Waals surface area contributed by atoms with Gasteiger partial charge in [-0.05, 0) is 32.1 Å². The average Bonchev–Trinajstić information content (AvgIpc) is 2.78. The van der Waals surface area contributed by atoms with Gasteiger partial charge < -0.3 is 16.4 Å². The number of anilines is 1. The quantitative estimate of drug-likeness (QED) is 0.698. The first-order valence-corrected chi connectivity index (χ1v) is 9.84. The lowest BCUT2D eigenvalue weighted by Crippen LogP contribution is -2.58. The van der Waals surface area contributed by atoms with E-state index in [0.29, 0.717) is 36.1 Å². The number of rotatable bonds is 6. The third-order valence-corrected chi connectivity index (χ3v) is 5.83. The number of carbonyl (C=O) groups is 1. The molecule has 6 heteroatoms. The fraction of sp³-hybridized carbons (Fsp3) is 0.765. The number of aryl methyl sites for hydroxylation is 1. The largest absolute Gasteiger partial charge is 0.375 e. The van der Waals surface area contributed by atoms with Crippen LogP contribution in [-0.2, 0) is 11.2 Å². The molecule has 0 spiro atoms. The summed E-state index contributed by atoms with van der Waals surface area (Å²) in [5.74, 6) is 0.133. The molecule has 1 amide bonds. The Morgan fingerprint density at radius 1 is 1.17 bits per heavy atom. The Labute approximate surface area is 142 Å². The lowest BCUT2D eigenvalue weighted by molar-refractivity contribution is -0.122. The number of thiazole rings is 1. The maximum Gasteiger partial charge on any atom is 0.220 e. The van der Waals surface area contributed by atoms with E-state index in [0.717, 1.165) is 12.1 Å². The molecule has 0 aromatic carbocycles. The molecule has 1 aromatic heterocycles. The number of nitrogens with two attached hydrogens (primary N) is 1. The summed E-state index contributed by atoms with van der Waals surface area (Å²) in [6, 6.07) is 1.43. The van der Waals surface area contributed by atoms with Gasteiger partial charge in [-0.3, -0.25) is 4.79 Å². The molecule has 0 unspecified atom stereocenters. The number of carbonyl (C=O) groups excluding carboxylic acids is 1. The minimum Gasteiger partial charge on any atom is -0.375 e. The first-order chi connectivity index (χ1) is 11.2. The molecule has 4 N–H and O–H groups in total. The zero-order valence-electron chi connectivity index (χ0n) is 13.7. The molecular weight excluding hydrogens is 308 g/mol. The van der Waals surface area contributed by atoms with Crippen molar-refractivity contribution in [2.75, 3.05) is 5.73 Å². The molecule has 1 aromatic rings. The number of hydrogen-bond donors (Lipinski definition) is 3. The summed E-state index contributed by atoms with van der Waals surface area (Å²) in [6.07, 6.45) is 11.5. The highest BCUT2D eigenvalue weighted by Crippen LogP contribution is 2.24. The van der Waals surface area contributed by atoms with E-state index in [2.05, 4.69) is 15.6 Å². The van der Waals surface area contributed by atoms with E-state index in [-0.39, 0.29) is 5.91 Å². The monoisotopic (exact) mass is 336 g/mol. The minimum atomic E-state index is 0.133. The number of aromatic nitrogens is 1. The van der Waals surface area contributed by atoms with Crippen LogP contribution in [0.2, 0.25) is 0 Å². The Bertz CT molecular complexity index is 510. The number of hydrogen-bond acceptors (Lipinski definition) is 5. The zero-order chi connectivity index (χ0) is 16.1. The van der Waals surface area contributed by atoms with E-state index in [4.69, 9.17) is 5.73 Å². The smallest absolute Gasteiger partial charge is 0.220 e. The van der Waals surface area contributed by atoms with Gasteiger partial charge in [0.2, 0.25) is 5.91 Å². The van der Waals surface area contributed by atoms with Gasteiger partial charge in [-0.2, -0.15) is 0 Å². The van der Waals surface area contributed by atoms with Gasteiger partial charge in [-0.1, -0.05) is 25.7 Å². The first-order valence-electron chi connectivity index (χ1n) is 8.96. The highest BCUT2D eigenvalue weighted by atomic mass is 32.1. The number of nitrogen functional groups attached to an aromatic ring is 1. The van der Waals surface area contributed by atoms with Gasteiger partial charge in [0.25, 0.3) is 0 Å². The standard InChI is InChI=1S/C17H28N4OS/c18-17-20-13(11-23-17)7-10-16(22)21-15-9-8-14(15)19-12-5-3-1-2-4-6-12/h11-12,14-15,19H,1-10H2,(H2,18,20)(H,21,22)/t14-,15+/m1/s1. The Balaban J connectivity index is 1.38. The van der Waals surface area contributed by atoms with E-state index in [1.165, 1.54) is 56.3 Å². The molecule has 3 rings (SSSR count). The second-order valence-corrected chi connectivity index (χ2v) is 7.78. The van der Waals surface area contributed by atoms with E-state index in [9.17, 15) is 4.79 Å². The van der Waals surface area contributed by atoms with Gasteiger partial charge >= 0.3 is 0 Å². The van der Waals surface area contributed by atoms with Crippen molar-refractivity contribution < 1.29 is 4.79 Å². The highest BCUT2D eigenvalue weighted by Gasteiger charge is 2.33. The Morgan fingerprint density at radius 3 is 2.52 bits per heavy atom. The molecule has 1 heterocycles. The molecule has 2 atom stereocenters. The van der Waals surface area contributed by atoms with Gasteiger partial charge in [-0.25, -0.2) is 4.98 Å². The van der Waals surface area contributed by atoms with Crippen LogP contribution in [0.4, 0.5) is 5.13 Å². The van der Waals surface area contributed by atoms with Crippen molar-refractivity contribution in [1.29, 1.82) is 0 Å². The van der Waals surface area contributed by atoms with Crippen LogP contribution in [-0.4, -0.2) is 29.0 Å². The summed E-state index contributed by atoms with van der Waals surface area (Å²) >= 11 is 1.43. The molecule has 0 bridgehead atoms. The van der Waals surface area contributed by atoms with Gasteiger partial charge in [0.15, 0.2) is 5.13 Å². The van der Waals surface area contributed by atoms with Crippen LogP contribution in [0.5, 0.6) is 0 Å². The summed E-state index contributed by atoms with van der Waals surface area (Å²) in [4.78, 5) is 16.3. The normalized spacial score (nSPS) is 25.6. The molecular formula is C17H28N4OS. The Hall–Kier alpha value is -1.14. The zero-order valence-corrected chi connectivity index (χ0v) is 14.5. The van der Waals surface area contributed by atoms with Crippen molar-refractivity contribution in [3.8, 4) is 0 Å². The Morgan fingerprint density at radius 2 is 1.91 bits per heavy atom. The summed E-state index contributed by atoms with van der Waals surface area (Å²) < 4.78 is 0. The van der Waals surface area contributed by atoms with Gasteiger partial charge in [-0.15, -0.1) is 11.3 Å². The third kappa shape index (κ3) is 4.91. The molecule has 128 valence electrons. The number of nitrogens with one attached hydrogen (secondary N) is 2. The molecule has 2 fully saturated rings. The van der Waals surface area contributed by atoms with Crippen LogP contribution in [0.1, 0.15) is 63.5 Å². The van der Waals surface area contributed by atoms with Crippen LogP contribution >= 0.6 is 11.3 Å². The molecule has 0 aliphatic heterocycles. The van der Waals surface area contributed by atoms with Gasteiger partial charge in [0.05, 0.1) is 5.69 Å². The Kier molecular flexibility index (Phi) is 5.89. The molecule has 2 aliphatic carbocycles. The maximum atomic E-state index is 12.1. The lowest BCUT2D eigenvalue weighted by atomic mass is 9.85. The van der Waals surface area contributed by atoms with E-state index in [1.807, 2.05) is 5.38 Å². The minimum absolute atomic E-state index is 0.133. The molecule has 2 saturated carbocycles. The summed E-state index contributed by atoms with van der Waals surface area (Å²) in [7, 11) is 0. The van der Waals surface area contributed by atoms with E-state index in [1.54, 1.807) is 0 Å². The van der Waals surface area contributed by atoms with E-state index >= 15 is 0 Å². The topological polar surface area (TPSA) is 80.0 Å². The fourth-order valence-corrected chi connectivity index (χ4v) is 4.18. The highest BCUT2D eigenvalue weighted by molar-refractivity contribution is 7.13. The van der Waals surface area contributed by atoms with Crippen LogP contribution in [0.25, 0.3) is 0 Å². The van der Waals surface area contributed by atoms with Crippen molar-refractivity contribution in [2.24, 2.45) is 0 Å². The van der Waals surface area contributed by atoms with Crippen molar-refractivity contribution in [3.63, 3.8) is 0 Å². The maximum absolute atomic E-state index is 12.1. The molecule has 23 heavy (non-hydrogen) atoms. The SMILES string of the molecule is Nc1nc(CCC(=O)N[C@H]2CC[C@H]2NC2CCCCCC2)cs1. The van der Waals surface area contributed by atoms with Crippen LogP contribution < -0.4 is 16.4 Å². The molecule has 0 saturated heterocycles. The summed E-state index contributed by atoms with van der Waals surface area (Å²) in [6.45, 7) is 0. The van der Waals surface area contributed by atoms with Crippen LogP contribution in [0.15, 0.2) is 5.38 Å². The first kappa shape index (κ1) is 16.7. The van der Waals surface area contributed by atoms with Crippen molar-refractivity contribution in [1.82, 2.24) is 15.6 Å². The number of nitrogens with zero attached hydrogens (tertiary/aromatic N) is 1. The number of amides is 1. The van der Waals surface area contributed by atoms with Crippen molar-refractivity contribution in [3.05, 3.63) is 11.1 Å². The molecule has 0 radical (unpaired) electrons.